The van der Waals surface area contributed by atoms with Crippen molar-refractivity contribution in [2.45, 2.75) is 11.4 Å². The largest absolute Gasteiger partial charge is 0.383 e. The number of amides is 1. The molecule has 4 aromatic rings. The Hall–Kier alpha value is -3.52. The summed E-state index contributed by atoms with van der Waals surface area (Å²) >= 11 is 12.0. The number of sulfonamides is 1. The molecule has 0 bridgehead atoms. The van der Waals surface area contributed by atoms with Crippen molar-refractivity contribution in [3.63, 3.8) is 0 Å². The molecular formula is C24H23Cl2FN8O3S. The molecule has 1 saturated heterocycles. The molecule has 15 heteroatoms. The Kier molecular flexibility index (Phi) is 7.33. The topological polar surface area (TPSA) is 139 Å². The Morgan fingerprint density at radius 3 is 2.59 bits per heavy atom. The van der Waals surface area contributed by atoms with Crippen LogP contribution < -0.4 is 10.5 Å². The Morgan fingerprint density at radius 2 is 1.87 bits per heavy atom. The Morgan fingerprint density at radius 1 is 1.13 bits per heavy atom. The minimum atomic E-state index is -4.24. The quantitative estimate of drug-likeness (QED) is 0.348. The lowest BCUT2D eigenvalue weighted by molar-refractivity contribution is -0.133. The summed E-state index contributed by atoms with van der Waals surface area (Å²) in [5, 5.41) is 4.74. The van der Waals surface area contributed by atoms with Gasteiger partial charge < -0.3 is 15.5 Å². The lowest BCUT2D eigenvalue weighted by Crippen LogP contribution is -2.48. The van der Waals surface area contributed by atoms with Crippen LogP contribution in [-0.2, 0) is 21.4 Å². The van der Waals surface area contributed by atoms with Gasteiger partial charge in [0.25, 0.3) is 10.0 Å². The number of piperazine rings is 1. The van der Waals surface area contributed by atoms with Crippen LogP contribution in [-0.4, -0.2) is 77.1 Å². The monoisotopic (exact) mass is 592 g/mol. The van der Waals surface area contributed by atoms with Crippen molar-refractivity contribution < 1.29 is 17.6 Å². The number of fused-ring (bicyclic) bond motifs is 1. The van der Waals surface area contributed by atoms with Crippen LogP contribution in [0.1, 0.15) is 0 Å². The zero-order chi connectivity index (χ0) is 27.9. The number of anilines is 2. The minimum Gasteiger partial charge on any atom is -0.383 e. The van der Waals surface area contributed by atoms with Crippen molar-refractivity contribution in [1.82, 2.24) is 29.5 Å². The molecule has 3 heterocycles. The number of benzene rings is 2. The van der Waals surface area contributed by atoms with E-state index in [1.807, 2.05) is 7.05 Å². The molecule has 0 unspecified atom stereocenters. The zero-order valence-electron chi connectivity index (χ0n) is 20.6. The van der Waals surface area contributed by atoms with Crippen LogP contribution in [0.4, 0.5) is 15.9 Å². The number of likely N-dealkylation sites (N-methyl/N-ethyl adjacent to an activating group) is 1. The third-order valence-corrected chi connectivity index (χ3v) is 8.73. The molecule has 2 aromatic carbocycles. The number of nitrogens with zero attached hydrogens (tertiary/aromatic N) is 6. The second kappa shape index (κ2) is 10.6. The number of carbonyl (C=O) groups excluding carboxylic acids is 1. The molecule has 3 N–H and O–H groups in total. The van der Waals surface area contributed by atoms with E-state index in [0.717, 1.165) is 19.2 Å². The van der Waals surface area contributed by atoms with Crippen LogP contribution in [0, 0.1) is 5.82 Å². The molecule has 1 aliphatic heterocycles. The maximum absolute atomic E-state index is 15.2. The van der Waals surface area contributed by atoms with E-state index in [-0.39, 0.29) is 50.2 Å². The van der Waals surface area contributed by atoms with Gasteiger partial charge >= 0.3 is 0 Å². The van der Waals surface area contributed by atoms with Gasteiger partial charge in [-0.3, -0.25) is 9.52 Å². The zero-order valence-corrected chi connectivity index (χ0v) is 22.9. The highest BCUT2D eigenvalue weighted by Crippen LogP contribution is 2.34. The van der Waals surface area contributed by atoms with Crippen molar-refractivity contribution in [2.75, 3.05) is 43.7 Å². The molecule has 204 valence electrons. The van der Waals surface area contributed by atoms with E-state index in [9.17, 15) is 13.2 Å². The summed E-state index contributed by atoms with van der Waals surface area (Å²) in [7, 11) is -2.25. The summed E-state index contributed by atoms with van der Waals surface area (Å²) in [5.41, 5.74) is 6.67. The number of nitrogens with two attached hydrogens (primary N) is 1. The van der Waals surface area contributed by atoms with E-state index >= 15 is 4.39 Å². The van der Waals surface area contributed by atoms with E-state index < -0.39 is 15.8 Å². The Labute approximate surface area is 233 Å². The number of aromatic nitrogens is 4. The van der Waals surface area contributed by atoms with Crippen LogP contribution in [0.3, 0.4) is 0 Å². The SMILES string of the molecule is CN1CCN(C(=O)Cn2nc(-c3ccc(NS(=O)(=O)c4cccc(Cl)c4Cl)c(F)c3)c3c(N)ncnc32)CC1. The molecule has 1 amide bonds. The number of rotatable bonds is 6. The second-order valence-corrected chi connectivity index (χ2v) is 11.4. The summed E-state index contributed by atoms with van der Waals surface area (Å²) in [6.45, 7) is 2.65. The number of nitrogens with one attached hydrogen (secondary N) is 1. The molecule has 0 aliphatic carbocycles. The molecule has 5 rings (SSSR count). The number of nitrogen functional groups attached to an aromatic ring is 1. The molecule has 0 saturated carbocycles. The van der Waals surface area contributed by atoms with Crippen LogP contribution in [0.25, 0.3) is 22.3 Å². The van der Waals surface area contributed by atoms with Gasteiger partial charge in [-0.1, -0.05) is 35.3 Å². The summed E-state index contributed by atoms with van der Waals surface area (Å²) in [6.07, 6.45) is 1.26. The van der Waals surface area contributed by atoms with Crippen molar-refractivity contribution in [3.8, 4) is 11.3 Å². The van der Waals surface area contributed by atoms with Crippen LogP contribution in [0.2, 0.25) is 10.0 Å². The molecular weight excluding hydrogens is 570 g/mol. The van der Waals surface area contributed by atoms with E-state index in [2.05, 4.69) is 24.7 Å². The number of hydrogen-bond acceptors (Lipinski definition) is 8. The van der Waals surface area contributed by atoms with Crippen LogP contribution in [0.15, 0.2) is 47.6 Å². The predicted molar refractivity (Wildman–Crippen MR) is 146 cm³/mol. The van der Waals surface area contributed by atoms with Gasteiger partial charge in [0, 0.05) is 31.7 Å². The molecule has 0 radical (unpaired) electrons. The molecule has 1 aliphatic rings. The van der Waals surface area contributed by atoms with E-state index in [1.165, 1.54) is 41.3 Å². The minimum absolute atomic E-state index is 0.0451. The molecule has 1 fully saturated rings. The molecule has 39 heavy (non-hydrogen) atoms. The van der Waals surface area contributed by atoms with E-state index in [1.54, 1.807) is 4.90 Å². The first-order valence-corrected chi connectivity index (χ1v) is 14.0. The highest BCUT2D eigenvalue weighted by Gasteiger charge is 2.25. The van der Waals surface area contributed by atoms with Gasteiger partial charge in [-0.25, -0.2) is 27.5 Å². The van der Waals surface area contributed by atoms with Gasteiger partial charge in [0.05, 0.1) is 21.1 Å². The standard InChI is InChI=1S/C24H23Cl2FN8O3S/c1-33-7-9-34(10-8-33)19(36)12-35-24-20(23(28)29-13-30-24)22(31-35)14-5-6-17(16(27)11-14)32-39(37,38)18-4-2-3-15(25)21(18)26/h2-6,11,13,32H,7-10,12H2,1H3,(H2,28,29,30). The number of carbonyl (C=O) groups is 1. The van der Waals surface area contributed by atoms with Gasteiger partial charge in [-0.15, -0.1) is 0 Å². The average molecular weight is 593 g/mol. The summed E-state index contributed by atoms with van der Waals surface area (Å²) in [6, 6.07) is 7.95. The normalized spacial score (nSPS) is 14.6. The lowest BCUT2D eigenvalue weighted by Gasteiger charge is -2.32. The van der Waals surface area contributed by atoms with Gasteiger partial charge in [-0.05, 0) is 31.3 Å². The second-order valence-electron chi connectivity index (χ2n) is 9.00. The van der Waals surface area contributed by atoms with E-state index in [0.29, 0.717) is 24.1 Å². The third kappa shape index (κ3) is 5.35. The number of hydrogen-bond donors (Lipinski definition) is 2. The van der Waals surface area contributed by atoms with Crippen molar-refractivity contribution in [1.29, 1.82) is 0 Å². The Balaban J connectivity index is 1.46. The first-order valence-electron chi connectivity index (χ1n) is 11.7. The van der Waals surface area contributed by atoms with Crippen LogP contribution in [0.5, 0.6) is 0 Å². The lowest BCUT2D eigenvalue weighted by atomic mass is 10.1. The highest BCUT2D eigenvalue weighted by atomic mass is 35.5. The summed E-state index contributed by atoms with van der Waals surface area (Å²) in [4.78, 5) is 24.9. The van der Waals surface area contributed by atoms with Crippen molar-refractivity contribution in [2.24, 2.45) is 0 Å². The van der Waals surface area contributed by atoms with Gasteiger partial charge in [-0.2, -0.15) is 5.10 Å². The van der Waals surface area contributed by atoms with E-state index in [4.69, 9.17) is 28.9 Å². The predicted octanol–water partition coefficient (Wildman–Crippen LogP) is 3.10. The molecule has 2 aromatic heterocycles. The van der Waals surface area contributed by atoms with Gasteiger partial charge in [0.2, 0.25) is 5.91 Å². The molecule has 11 nitrogen and oxygen atoms in total. The van der Waals surface area contributed by atoms with Gasteiger partial charge in [0.1, 0.15) is 35.1 Å². The maximum atomic E-state index is 15.2. The smallest absolute Gasteiger partial charge is 0.263 e. The maximum Gasteiger partial charge on any atom is 0.263 e. The van der Waals surface area contributed by atoms with Gasteiger partial charge in [0.15, 0.2) is 5.65 Å². The fraction of sp³-hybridized carbons (Fsp3) is 0.250. The first kappa shape index (κ1) is 27.1. The van der Waals surface area contributed by atoms with Crippen molar-refractivity contribution in [3.05, 3.63) is 58.6 Å². The fourth-order valence-electron chi connectivity index (χ4n) is 4.26. The molecule has 0 spiro atoms. The summed E-state index contributed by atoms with van der Waals surface area (Å²) in [5.74, 6) is -0.901. The number of halogens is 3. The average Bonchev–Trinajstić information content (AvgIpc) is 3.26. The summed E-state index contributed by atoms with van der Waals surface area (Å²) < 4.78 is 44.5. The van der Waals surface area contributed by atoms with Crippen molar-refractivity contribution >= 4 is 61.7 Å². The van der Waals surface area contributed by atoms with Crippen LogP contribution >= 0.6 is 23.2 Å². The highest BCUT2D eigenvalue weighted by molar-refractivity contribution is 7.92. The molecule has 0 atom stereocenters. The third-order valence-electron chi connectivity index (χ3n) is 6.39. The first-order chi connectivity index (χ1) is 18.5. The Bertz CT molecular complexity index is 1690. The fourth-order valence-corrected chi connectivity index (χ4v) is 6.09.